The van der Waals surface area contributed by atoms with Crippen LogP contribution in [0.5, 0.6) is 0 Å². The van der Waals surface area contributed by atoms with Crippen LogP contribution in [0.2, 0.25) is 5.02 Å². The highest BCUT2D eigenvalue weighted by atomic mass is 35.5. The highest BCUT2D eigenvalue weighted by molar-refractivity contribution is 7.89. The number of nitrogens with zero attached hydrogens (tertiary/aromatic N) is 1. The summed E-state index contributed by atoms with van der Waals surface area (Å²) in [6, 6.07) is 6.02. The van der Waals surface area contributed by atoms with E-state index in [-0.39, 0.29) is 29.4 Å². The minimum absolute atomic E-state index is 0.0268. The van der Waals surface area contributed by atoms with Crippen LogP contribution in [0.15, 0.2) is 29.2 Å². The van der Waals surface area contributed by atoms with Gasteiger partial charge >= 0.3 is 0 Å². The Balaban J connectivity index is 2.26. The molecule has 1 fully saturated rings. The molecule has 0 radical (unpaired) electrons. The molecule has 25 heavy (non-hydrogen) atoms. The first-order valence-electron chi connectivity index (χ1n) is 8.91. The van der Waals surface area contributed by atoms with Crippen LogP contribution in [0.3, 0.4) is 0 Å². The number of rotatable bonds is 7. The summed E-state index contributed by atoms with van der Waals surface area (Å²) in [5.41, 5.74) is 0. The Bertz CT molecular complexity index is 670. The van der Waals surface area contributed by atoms with Crippen molar-refractivity contribution >= 4 is 27.5 Å². The summed E-state index contributed by atoms with van der Waals surface area (Å²) in [5, 5.41) is 3.35. The smallest absolute Gasteiger partial charge is 0.243 e. The molecule has 5 nitrogen and oxygen atoms in total. The lowest BCUT2D eigenvalue weighted by Gasteiger charge is -2.33. The number of carbonyl (C=O) groups excluding carboxylic acids is 1. The molecular formula is C18H27ClN2O3S. The SMILES string of the molecule is CC[C@@H](C)NC(=O)CN(C1CCCCC1)S(=O)(=O)c1ccc(Cl)cc1. The van der Waals surface area contributed by atoms with Gasteiger partial charge in [-0.25, -0.2) is 8.42 Å². The summed E-state index contributed by atoms with van der Waals surface area (Å²) in [4.78, 5) is 12.5. The Morgan fingerprint density at radius 1 is 1.24 bits per heavy atom. The molecule has 1 aliphatic carbocycles. The van der Waals surface area contributed by atoms with Gasteiger partial charge in [-0.3, -0.25) is 4.79 Å². The Labute approximate surface area is 155 Å². The molecule has 1 N–H and O–H groups in total. The van der Waals surface area contributed by atoms with Gasteiger partial charge in [-0.2, -0.15) is 4.31 Å². The van der Waals surface area contributed by atoms with Crippen LogP contribution < -0.4 is 5.32 Å². The van der Waals surface area contributed by atoms with Gasteiger partial charge in [-0.15, -0.1) is 0 Å². The fourth-order valence-corrected chi connectivity index (χ4v) is 4.85. The summed E-state index contributed by atoms with van der Waals surface area (Å²) in [6.07, 6.45) is 5.49. The van der Waals surface area contributed by atoms with Crippen LogP contribution in [-0.4, -0.2) is 37.3 Å². The fourth-order valence-electron chi connectivity index (χ4n) is 3.09. The van der Waals surface area contributed by atoms with E-state index in [0.717, 1.165) is 38.5 Å². The molecule has 0 bridgehead atoms. The second-order valence-electron chi connectivity index (χ2n) is 6.67. The normalized spacial score (nSPS) is 17.4. The first-order chi connectivity index (χ1) is 11.8. The van der Waals surface area contributed by atoms with Gasteiger partial charge in [0.1, 0.15) is 0 Å². The number of hydrogen-bond donors (Lipinski definition) is 1. The first kappa shape index (κ1) is 20.2. The average molecular weight is 387 g/mol. The van der Waals surface area contributed by atoms with Gasteiger partial charge < -0.3 is 5.32 Å². The second-order valence-corrected chi connectivity index (χ2v) is 9.00. The lowest BCUT2D eigenvalue weighted by atomic mass is 9.95. The quantitative estimate of drug-likeness (QED) is 0.778. The highest BCUT2D eigenvalue weighted by Crippen LogP contribution is 2.28. The van der Waals surface area contributed by atoms with Gasteiger partial charge in [0.15, 0.2) is 0 Å². The molecule has 0 unspecified atom stereocenters. The maximum absolute atomic E-state index is 13.1. The maximum Gasteiger partial charge on any atom is 0.243 e. The third-order valence-corrected chi connectivity index (χ3v) is 6.89. The summed E-state index contributed by atoms with van der Waals surface area (Å²) in [6.45, 7) is 3.75. The van der Waals surface area contributed by atoms with E-state index in [0.29, 0.717) is 5.02 Å². The molecule has 0 aliphatic heterocycles. The predicted octanol–water partition coefficient (Wildman–Crippen LogP) is 3.58. The average Bonchev–Trinajstić information content (AvgIpc) is 2.60. The van der Waals surface area contributed by atoms with Crippen LogP contribution in [0.4, 0.5) is 0 Å². The predicted molar refractivity (Wildman–Crippen MR) is 100 cm³/mol. The monoisotopic (exact) mass is 386 g/mol. The third-order valence-electron chi connectivity index (χ3n) is 4.72. The zero-order chi connectivity index (χ0) is 18.4. The van der Waals surface area contributed by atoms with Gasteiger partial charge in [0, 0.05) is 17.1 Å². The summed E-state index contributed by atoms with van der Waals surface area (Å²) in [7, 11) is -3.74. The summed E-state index contributed by atoms with van der Waals surface area (Å²) >= 11 is 5.88. The number of amides is 1. The molecule has 0 saturated heterocycles. The van der Waals surface area contributed by atoms with E-state index in [2.05, 4.69) is 5.32 Å². The summed E-state index contributed by atoms with van der Waals surface area (Å²) < 4.78 is 27.7. The molecular weight excluding hydrogens is 360 g/mol. The molecule has 0 spiro atoms. The van der Waals surface area contributed by atoms with Crippen molar-refractivity contribution in [2.45, 2.75) is 69.4 Å². The number of carbonyl (C=O) groups is 1. The molecule has 1 aromatic rings. The standard InChI is InChI=1S/C18H27ClN2O3S/c1-3-14(2)20-18(22)13-21(16-7-5-4-6-8-16)25(23,24)17-11-9-15(19)10-12-17/h9-12,14,16H,3-8,13H2,1-2H3,(H,20,22)/t14-/m1/s1. The topological polar surface area (TPSA) is 66.5 Å². The van der Waals surface area contributed by atoms with Crippen LogP contribution >= 0.6 is 11.6 Å². The zero-order valence-corrected chi connectivity index (χ0v) is 16.4. The summed E-state index contributed by atoms with van der Waals surface area (Å²) in [5.74, 6) is -0.252. The minimum Gasteiger partial charge on any atom is -0.353 e. The Kier molecular flexibility index (Phi) is 7.28. The van der Waals surface area contributed by atoms with E-state index >= 15 is 0 Å². The van der Waals surface area contributed by atoms with Crippen molar-refractivity contribution in [3.05, 3.63) is 29.3 Å². The molecule has 1 amide bonds. The van der Waals surface area contributed by atoms with Gasteiger partial charge in [-0.1, -0.05) is 37.8 Å². The van der Waals surface area contributed by atoms with E-state index in [1.807, 2.05) is 13.8 Å². The Hall–Kier alpha value is -1.11. The van der Waals surface area contributed by atoms with Crippen molar-refractivity contribution in [1.82, 2.24) is 9.62 Å². The maximum atomic E-state index is 13.1. The van der Waals surface area contributed by atoms with E-state index in [1.165, 1.54) is 16.4 Å². The van der Waals surface area contributed by atoms with E-state index < -0.39 is 10.0 Å². The van der Waals surface area contributed by atoms with Crippen molar-refractivity contribution in [1.29, 1.82) is 0 Å². The number of nitrogens with one attached hydrogen (secondary N) is 1. The van der Waals surface area contributed by atoms with Crippen molar-refractivity contribution < 1.29 is 13.2 Å². The first-order valence-corrected chi connectivity index (χ1v) is 10.7. The number of halogens is 1. The third kappa shape index (κ3) is 5.43. The van der Waals surface area contributed by atoms with Crippen LogP contribution in [0.1, 0.15) is 52.4 Å². The van der Waals surface area contributed by atoms with Crippen LogP contribution in [0, 0.1) is 0 Å². The molecule has 0 heterocycles. The second kappa shape index (κ2) is 9.01. The molecule has 1 aromatic carbocycles. The van der Waals surface area contributed by atoms with Crippen molar-refractivity contribution in [2.24, 2.45) is 0 Å². The number of sulfonamides is 1. The fraction of sp³-hybridized carbons (Fsp3) is 0.611. The van der Waals surface area contributed by atoms with Crippen LogP contribution in [-0.2, 0) is 14.8 Å². The van der Waals surface area contributed by atoms with Gasteiger partial charge in [0.25, 0.3) is 0 Å². The zero-order valence-electron chi connectivity index (χ0n) is 14.9. The number of hydrogen-bond acceptors (Lipinski definition) is 3. The number of benzene rings is 1. The molecule has 2 rings (SSSR count). The van der Waals surface area contributed by atoms with Gasteiger partial charge in [0.05, 0.1) is 11.4 Å². The van der Waals surface area contributed by atoms with E-state index in [1.54, 1.807) is 12.1 Å². The Morgan fingerprint density at radius 2 is 1.84 bits per heavy atom. The molecule has 1 saturated carbocycles. The largest absolute Gasteiger partial charge is 0.353 e. The van der Waals surface area contributed by atoms with E-state index in [9.17, 15) is 13.2 Å². The van der Waals surface area contributed by atoms with Crippen molar-refractivity contribution in [2.75, 3.05) is 6.54 Å². The Morgan fingerprint density at radius 3 is 2.40 bits per heavy atom. The lowest BCUT2D eigenvalue weighted by Crippen LogP contribution is -2.48. The molecule has 140 valence electrons. The minimum atomic E-state index is -3.74. The van der Waals surface area contributed by atoms with Crippen molar-refractivity contribution in [3.8, 4) is 0 Å². The van der Waals surface area contributed by atoms with Gasteiger partial charge in [-0.05, 0) is 50.5 Å². The van der Waals surface area contributed by atoms with E-state index in [4.69, 9.17) is 11.6 Å². The molecule has 7 heteroatoms. The molecule has 1 atom stereocenters. The van der Waals surface area contributed by atoms with Gasteiger partial charge in [0.2, 0.25) is 15.9 Å². The molecule has 1 aliphatic rings. The molecule has 0 aromatic heterocycles. The lowest BCUT2D eigenvalue weighted by molar-refractivity contribution is -0.122. The van der Waals surface area contributed by atoms with Crippen molar-refractivity contribution in [3.63, 3.8) is 0 Å². The van der Waals surface area contributed by atoms with Crippen LogP contribution in [0.25, 0.3) is 0 Å². The highest BCUT2D eigenvalue weighted by Gasteiger charge is 2.34.